The molecule has 3 atom stereocenters. The monoisotopic (exact) mass is 252 g/mol. The second-order valence-corrected chi connectivity index (χ2v) is 6.06. The largest absolute Gasteiger partial charge is 0.490 e. The molecule has 1 nitrogen and oxygen atoms in total. The number of para-hydroxylation sites is 1. The van der Waals surface area contributed by atoms with Gasteiger partial charge in [-0.1, -0.05) is 32.0 Å². The summed E-state index contributed by atoms with van der Waals surface area (Å²) in [5.41, 5.74) is 1.34. The standard InChI is InChI=1S/C15H21ClO/c1-10(2)14(11(3)16)9-13-8-12-6-4-5-7-15(12)17-13/h4-7,10-11,13-14H,8-9H2,1-3H3. The molecular formula is C15H21ClO. The third-order valence-electron chi connectivity index (χ3n) is 3.70. The Morgan fingerprint density at radius 3 is 2.59 bits per heavy atom. The fraction of sp³-hybridized carbons (Fsp3) is 0.600. The lowest BCUT2D eigenvalue weighted by molar-refractivity contribution is 0.174. The second kappa shape index (κ2) is 5.30. The number of benzene rings is 1. The van der Waals surface area contributed by atoms with Crippen LogP contribution in [0.2, 0.25) is 0 Å². The van der Waals surface area contributed by atoms with E-state index in [1.54, 1.807) is 0 Å². The van der Waals surface area contributed by atoms with Crippen LogP contribution in [0.5, 0.6) is 5.75 Å². The van der Waals surface area contributed by atoms with Crippen LogP contribution < -0.4 is 4.74 Å². The summed E-state index contributed by atoms with van der Waals surface area (Å²) in [6.45, 7) is 6.57. The molecule has 1 heterocycles. The summed E-state index contributed by atoms with van der Waals surface area (Å²) < 4.78 is 5.98. The van der Waals surface area contributed by atoms with Crippen molar-refractivity contribution in [3.05, 3.63) is 29.8 Å². The van der Waals surface area contributed by atoms with E-state index in [1.807, 2.05) is 6.07 Å². The highest BCUT2D eigenvalue weighted by atomic mass is 35.5. The highest BCUT2D eigenvalue weighted by Gasteiger charge is 2.28. The minimum absolute atomic E-state index is 0.210. The zero-order valence-corrected chi connectivity index (χ0v) is 11.6. The molecule has 0 bridgehead atoms. The first kappa shape index (κ1) is 12.8. The zero-order chi connectivity index (χ0) is 12.4. The maximum atomic E-state index is 6.27. The minimum Gasteiger partial charge on any atom is -0.490 e. The van der Waals surface area contributed by atoms with Gasteiger partial charge in [0.25, 0.3) is 0 Å². The number of alkyl halides is 1. The topological polar surface area (TPSA) is 9.23 Å². The molecule has 0 amide bonds. The van der Waals surface area contributed by atoms with Crippen LogP contribution in [-0.2, 0) is 6.42 Å². The van der Waals surface area contributed by atoms with E-state index in [-0.39, 0.29) is 5.38 Å². The normalized spacial score (nSPS) is 22.1. The Labute approximate surface area is 109 Å². The Morgan fingerprint density at radius 2 is 2.00 bits per heavy atom. The lowest BCUT2D eigenvalue weighted by Gasteiger charge is -2.26. The number of rotatable bonds is 4. The van der Waals surface area contributed by atoms with Gasteiger partial charge in [-0.2, -0.15) is 0 Å². The molecule has 2 heteroatoms. The van der Waals surface area contributed by atoms with Crippen molar-refractivity contribution in [2.24, 2.45) is 11.8 Å². The molecule has 1 aliphatic heterocycles. The van der Waals surface area contributed by atoms with Crippen molar-refractivity contribution in [3.8, 4) is 5.75 Å². The van der Waals surface area contributed by atoms with Gasteiger partial charge in [-0.3, -0.25) is 0 Å². The van der Waals surface area contributed by atoms with Gasteiger partial charge >= 0.3 is 0 Å². The first-order chi connectivity index (χ1) is 8.08. The molecule has 3 unspecified atom stereocenters. The fourth-order valence-electron chi connectivity index (χ4n) is 2.68. The van der Waals surface area contributed by atoms with E-state index in [0.717, 1.165) is 18.6 Å². The number of ether oxygens (including phenoxy) is 1. The molecule has 0 saturated carbocycles. The summed E-state index contributed by atoms with van der Waals surface area (Å²) in [7, 11) is 0. The maximum absolute atomic E-state index is 6.27. The first-order valence-electron chi connectivity index (χ1n) is 6.46. The van der Waals surface area contributed by atoms with Crippen LogP contribution in [0, 0.1) is 11.8 Å². The molecule has 0 fully saturated rings. The lowest BCUT2D eigenvalue weighted by Crippen LogP contribution is -2.26. The van der Waals surface area contributed by atoms with Crippen LogP contribution in [-0.4, -0.2) is 11.5 Å². The van der Waals surface area contributed by atoms with Crippen LogP contribution in [0.1, 0.15) is 32.8 Å². The zero-order valence-electron chi connectivity index (χ0n) is 10.8. The Balaban J connectivity index is 1.99. The Kier molecular flexibility index (Phi) is 3.98. The van der Waals surface area contributed by atoms with Crippen LogP contribution >= 0.6 is 11.6 Å². The van der Waals surface area contributed by atoms with Gasteiger partial charge in [-0.05, 0) is 36.8 Å². The van der Waals surface area contributed by atoms with Gasteiger partial charge in [0.15, 0.2) is 0 Å². The molecule has 17 heavy (non-hydrogen) atoms. The van der Waals surface area contributed by atoms with Gasteiger partial charge in [0, 0.05) is 11.8 Å². The molecule has 2 rings (SSSR count). The second-order valence-electron chi connectivity index (χ2n) is 5.37. The van der Waals surface area contributed by atoms with Gasteiger partial charge < -0.3 is 4.74 Å². The predicted molar refractivity (Wildman–Crippen MR) is 72.8 cm³/mol. The van der Waals surface area contributed by atoms with E-state index in [2.05, 4.69) is 39.0 Å². The first-order valence-corrected chi connectivity index (χ1v) is 6.90. The molecule has 0 radical (unpaired) electrons. The van der Waals surface area contributed by atoms with Crippen molar-refractivity contribution < 1.29 is 4.74 Å². The highest BCUT2D eigenvalue weighted by Crippen LogP contribution is 2.34. The van der Waals surface area contributed by atoms with Gasteiger partial charge in [-0.25, -0.2) is 0 Å². The van der Waals surface area contributed by atoms with Crippen molar-refractivity contribution in [2.45, 2.75) is 45.1 Å². The van der Waals surface area contributed by atoms with E-state index in [4.69, 9.17) is 16.3 Å². The third kappa shape index (κ3) is 2.95. The van der Waals surface area contributed by atoms with Gasteiger partial charge in [-0.15, -0.1) is 11.6 Å². The lowest BCUT2D eigenvalue weighted by atomic mass is 9.87. The predicted octanol–water partition coefficient (Wildman–Crippen LogP) is 4.28. The minimum atomic E-state index is 0.210. The van der Waals surface area contributed by atoms with E-state index in [9.17, 15) is 0 Å². The van der Waals surface area contributed by atoms with Crippen LogP contribution in [0.3, 0.4) is 0 Å². The van der Waals surface area contributed by atoms with E-state index in [1.165, 1.54) is 5.56 Å². The summed E-state index contributed by atoms with van der Waals surface area (Å²) in [5.74, 6) is 2.19. The molecule has 94 valence electrons. The SMILES string of the molecule is CC(C)C(CC1Cc2ccccc2O1)C(C)Cl. The summed E-state index contributed by atoms with van der Waals surface area (Å²) in [6, 6.07) is 8.33. The Bertz CT molecular complexity index is 340. The van der Waals surface area contributed by atoms with Crippen LogP contribution in [0.25, 0.3) is 0 Å². The smallest absolute Gasteiger partial charge is 0.123 e. The summed E-state index contributed by atoms with van der Waals surface area (Å²) >= 11 is 6.27. The highest BCUT2D eigenvalue weighted by molar-refractivity contribution is 6.20. The van der Waals surface area contributed by atoms with Gasteiger partial charge in [0.05, 0.1) is 0 Å². The van der Waals surface area contributed by atoms with Gasteiger partial charge in [0.2, 0.25) is 0 Å². The molecule has 0 N–H and O–H groups in total. The van der Waals surface area contributed by atoms with Crippen molar-refractivity contribution in [2.75, 3.05) is 0 Å². The van der Waals surface area contributed by atoms with E-state index >= 15 is 0 Å². The van der Waals surface area contributed by atoms with Crippen molar-refractivity contribution in [1.29, 1.82) is 0 Å². The molecule has 0 aromatic heterocycles. The molecule has 0 saturated heterocycles. The number of hydrogen-bond donors (Lipinski definition) is 0. The van der Waals surface area contributed by atoms with Crippen molar-refractivity contribution in [1.82, 2.24) is 0 Å². The van der Waals surface area contributed by atoms with Crippen molar-refractivity contribution >= 4 is 11.6 Å². The third-order valence-corrected chi connectivity index (χ3v) is 4.02. The average molecular weight is 253 g/mol. The molecule has 1 aromatic carbocycles. The van der Waals surface area contributed by atoms with Crippen molar-refractivity contribution in [3.63, 3.8) is 0 Å². The van der Waals surface area contributed by atoms with Gasteiger partial charge in [0.1, 0.15) is 11.9 Å². The maximum Gasteiger partial charge on any atom is 0.123 e. The molecular weight excluding hydrogens is 232 g/mol. The Hall–Kier alpha value is -0.690. The van der Waals surface area contributed by atoms with Crippen LogP contribution in [0.4, 0.5) is 0 Å². The van der Waals surface area contributed by atoms with Crippen LogP contribution in [0.15, 0.2) is 24.3 Å². The number of halogens is 1. The summed E-state index contributed by atoms with van der Waals surface area (Å²) in [4.78, 5) is 0. The molecule has 0 spiro atoms. The number of hydrogen-bond acceptors (Lipinski definition) is 1. The summed E-state index contributed by atoms with van der Waals surface area (Å²) in [5, 5.41) is 0.210. The quantitative estimate of drug-likeness (QED) is 0.727. The molecule has 1 aromatic rings. The molecule has 1 aliphatic rings. The fourth-order valence-corrected chi connectivity index (χ4v) is 3.07. The average Bonchev–Trinajstić information content (AvgIpc) is 2.67. The van der Waals surface area contributed by atoms with E-state index in [0.29, 0.717) is 17.9 Å². The summed E-state index contributed by atoms with van der Waals surface area (Å²) in [6.07, 6.45) is 2.39. The molecule has 0 aliphatic carbocycles. The Morgan fingerprint density at radius 1 is 1.29 bits per heavy atom. The van der Waals surface area contributed by atoms with E-state index < -0.39 is 0 Å². The number of fused-ring (bicyclic) bond motifs is 1.